The predicted octanol–water partition coefficient (Wildman–Crippen LogP) is 4.24. The number of amides is 1. The van der Waals surface area contributed by atoms with Crippen molar-refractivity contribution in [1.82, 2.24) is 14.8 Å². The van der Waals surface area contributed by atoms with Crippen LogP contribution in [-0.2, 0) is 11.3 Å². The van der Waals surface area contributed by atoms with Gasteiger partial charge in [-0.25, -0.2) is 0 Å². The average molecular weight is 418 g/mol. The molecule has 1 aromatic heterocycles. The Kier molecular flexibility index (Phi) is 7.28. The molecule has 1 amide bonds. The van der Waals surface area contributed by atoms with Gasteiger partial charge < -0.3 is 9.64 Å². The number of carbonyl (C=O) groups is 1. The number of carbonyl (C=O) groups excluding carboxylic acids is 1. The van der Waals surface area contributed by atoms with Gasteiger partial charge in [-0.2, -0.15) is 0 Å². The maximum absolute atomic E-state index is 13.4. The van der Waals surface area contributed by atoms with Crippen LogP contribution >= 0.6 is 0 Å². The Morgan fingerprint density at radius 3 is 2.87 bits per heavy atom. The lowest BCUT2D eigenvalue weighted by molar-refractivity contribution is 0.0603. The van der Waals surface area contributed by atoms with Crippen molar-refractivity contribution in [3.05, 3.63) is 78.0 Å². The van der Waals surface area contributed by atoms with Crippen molar-refractivity contribution in [2.24, 2.45) is 5.92 Å². The zero-order chi connectivity index (χ0) is 21.5. The van der Waals surface area contributed by atoms with Crippen LogP contribution in [0.2, 0.25) is 0 Å². The van der Waals surface area contributed by atoms with E-state index in [4.69, 9.17) is 4.74 Å². The van der Waals surface area contributed by atoms with Crippen molar-refractivity contribution >= 4 is 16.8 Å². The van der Waals surface area contributed by atoms with E-state index in [2.05, 4.69) is 40.2 Å². The van der Waals surface area contributed by atoms with Crippen LogP contribution in [-0.4, -0.2) is 60.6 Å². The van der Waals surface area contributed by atoms with E-state index in [9.17, 15) is 4.79 Å². The third-order valence-electron chi connectivity index (χ3n) is 6.03. The number of pyridine rings is 1. The number of likely N-dealkylation sites (tertiary alicyclic amines) is 1. The minimum Gasteiger partial charge on any atom is -0.383 e. The van der Waals surface area contributed by atoms with E-state index in [0.717, 1.165) is 43.5 Å². The number of ether oxygens (including phenoxy) is 1. The molecule has 0 radical (unpaired) electrons. The van der Waals surface area contributed by atoms with Crippen LogP contribution in [0.4, 0.5) is 0 Å². The molecule has 3 aromatic rings. The van der Waals surface area contributed by atoms with Gasteiger partial charge in [0.05, 0.1) is 12.1 Å². The highest BCUT2D eigenvalue weighted by Crippen LogP contribution is 2.21. The fraction of sp³-hybridized carbons (Fsp3) is 0.385. The molecule has 5 heteroatoms. The first-order chi connectivity index (χ1) is 15.2. The van der Waals surface area contributed by atoms with Gasteiger partial charge in [0.1, 0.15) is 0 Å². The highest BCUT2D eigenvalue weighted by Gasteiger charge is 2.25. The minimum atomic E-state index is 0.0722. The standard InChI is InChI=1S/C26H31N3O2/c1-31-16-15-29(26(30)24-11-12-25-23(17-24)10-5-13-27-25)20-22-9-6-14-28(19-22)18-21-7-3-2-4-8-21/h2-5,7-8,10-13,17,22H,6,9,14-16,18-20H2,1H3. The number of rotatable bonds is 8. The molecule has 162 valence electrons. The molecule has 0 saturated carbocycles. The molecule has 0 bridgehead atoms. The van der Waals surface area contributed by atoms with Gasteiger partial charge in [-0.05, 0) is 55.1 Å². The lowest BCUT2D eigenvalue weighted by Crippen LogP contribution is -2.43. The summed E-state index contributed by atoms with van der Waals surface area (Å²) in [7, 11) is 1.69. The molecule has 1 atom stereocenters. The fourth-order valence-corrected chi connectivity index (χ4v) is 4.47. The fourth-order valence-electron chi connectivity index (χ4n) is 4.47. The molecule has 2 aromatic carbocycles. The number of benzene rings is 2. The molecule has 1 unspecified atom stereocenters. The monoisotopic (exact) mass is 417 g/mol. The Bertz CT molecular complexity index is 992. The van der Waals surface area contributed by atoms with Gasteiger partial charge in [0.25, 0.3) is 5.91 Å². The maximum atomic E-state index is 13.4. The molecule has 1 saturated heterocycles. The van der Waals surface area contributed by atoms with Gasteiger partial charge >= 0.3 is 0 Å². The van der Waals surface area contributed by atoms with E-state index >= 15 is 0 Å². The maximum Gasteiger partial charge on any atom is 0.253 e. The van der Waals surface area contributed by atoms with E-state index in [1.54, 1.807) is 13.3 Å². The number of hydrogen-bond donors (Lipinski definition) is 0. The van der Waals surface area contributed by atoms with Crippen LogP contribution in [0.15, 0.2) is 66.9 Å². The van der Waals surface area contributed by atoms with Crippen LogP contribution in [0.3, 0.4) is 0 Å². The van der Waals surface area contributed by atoms with Gasteiger partial charge in [0.2, 0.25) is 0 Å². The van der Waals surface area contributed by atoms with E-state index in [-0.39, 0.29) is 5.91 Å². The summed E-state index contributed by atoms with van der Waals surface area (Å²) in [4.78, 5) is 22.2. The molecule has 4 rings (SSSR count). The Hall–Kier alpha value is -2.76. The van der Waals surface area contributed by atoms with Gasteiger partial charge in [-0.15, -0.1) is 0 Å². The first-order valence-electron chi connectivity index (χ1n) is 11.1. The predicted molar refractivity (Wildman–Crippen MR) is 124 cm³/mol. The lowest BCUT2D eigenvalue weighted by atomic mass is 9.96. The van der Waals surface area contributed by atoms with E-state index in [0.29, 0.717) is 24.6 Å². The van der Waals surface area contributed by atoms with Crippen LogP contribution in [0.1, 0.15) is 28.8 Å². The highest BCUT2D eigenvalue weighted by atomic mass is 16.5. The van der Waals surface area contributed by atoms with E-state index in [1.165, 1.54) is 12.0 Å². The lowest BCUT2D eigenvalue weighted by Gasteiger charge is -2.36. The van der Waals surface area contributed by atoms with Crippen molar-refractivity contribution in [3.63, 3.8) is 0 Å². The third kappa shape index (κ3) is 5.69. The average Bonchev–Trinajstić information content (AvgIpc) is 2.82. The summed E-state index contributed by atoms with van der Waals surface area (Å²) in [6, 6.07) is 20.3. The van der Waals surface area contributed by atoms with Gasteiger partial charge in [0, 0.05) is 50.4 Å². The zero-order valence-corrected chi connectivity index (χ0v) is 18.2. The van der Waals surface area contributed by atoms with Crippen LogP contribution < -0.4 is 0 Å². The largest absolute Gasteiger partial charge is 0.383 e. The second-order valence-electron chi connectivity index (χ2n) is 8.38. The molecule has 2 heterocycles. The number of piperidine rings is 1. The molecule has 31 heavy (non-hydrogen) atoms. The number of methoxy groups -OCH3 is 1. The second-order valence-corrected chi connectivity index (χ2v) is 8.38. The Balaban J connectivity index is 1.44. The summed E-state index contributed by atoms with van der Waals surface area (Å²) in [6.45, 7) is 5.03. The topological polar surface area (TPSA) is 45.7 Å². The van der Waals surface area contributed by atoms with E-state index < -0.39 is 0 Å². The summed E-state index contributed by atoms with van der Waals surface area (Å²) in [5.41, 5.74) is 2.97. The Morgan fingerprint density at radius 2 is 2.03 bits per heavy atom. The second kappa shape index (κ2) is 10.5. The normalized spacial score (nSPS) is 17.0. The summed E-state index contributed by atoms with van der Waals surface area (Å²) in [5, 5.41) is 0.992. The quantitative estimate of drug-likeness (QED) is 0.550. The number of hydrogen-bond acceptors (Lipinski definition) is 4. The van der Waals surface area contributed by atoms with Crippen molar-refractivity contribution in [2.45, 2.75) is 19.4 Å². The Morgan fingerprint density at radius 1 is 1.16 bits per heavy atom. The molecule has 0 N–H and O–H groups in total. The molecule has 1 fully saturated rings. The highest BCUT2D eigenvalue weighted by molar-refractivity contribution is 5.97. The summed E-state index contributed by atoms with van der Waals surface area (Å²) < 4.78 is 5.30. The SMILES string of the molecule is COCCN(CC1CCCN(Cc2ccccc2)C1)C(=O)c1ccc2ncccc2c1. The summed E-state index contributed by atoms with van der Waals surface area (Å²) in [5.74, 6) is 0.545. The van der Waals surface area contributed by atoms with Crippen molar-refractivity contribution in [1.29, 1.82) is 0 Å². The van der Waals surface area contributed by atoms with E-state index in [1.807, 2.05) is 35.2 Å². The van der Waals surface area contributed by atoms with Gasteiger partial charge in [-0.3, -0.25) is 14.7 Å². The third-order valence-corrected chi connectivity index (χ3v) is 6.03. The van der Waals surface area contributed by atoms with Gasteiger partial charge in [-0.1, -0.05) is 36.4 Å². The molecule has 1 aliphatic rings. The summed E-state index contributed by atoms with van der Waals surface area (Å²) >= 11 is 0. The van der Waals surface area contributed by atoms with Crippen molar-refractivity contribution in [3.8, 4) is 0 Å². The van der Waals surface area contributed by atoms with Crippen LogP contribution in [0, 0.1) is 5.92 Å². The summed E-state index contributed by atoms with van der Waals surface area (Å²) in [6.07, 6.45) is 4.11. The van der Waals surface area contributed by atoms with Gasteiger partial charge in [0.15, 0.2) is 0 Å². The van der Waals surface area contributed by atoms with Crippen molar-refractivity contribution in [2.75, 3.05) is 39.9 Å². The molecule has 0 spiro atoms. The zero-order valence-electron chi connectivity index (χ0n) is 18.2. The number of nitrogens with zero attached hydrogens (tertiary/aromatic N) is 3. The van der Waals surface area contributed by atoms with Crippen LogP contribution in [0.25, 0.3) is 10.9 Å². The molecular formula is C26H31N3O2. The number of fused-ring (bicyclic) bond motifs is 1. The first-order valence-corrected chi connectivity index (χ1v) is 11.1. The molecule has 0 aliphatic carbocycles. The molecule has 1 aliphatic heterocycles. The minimum absolute atomic E-state index is 0.0722. The molecule has 5 nitrogen and oxygen atoms in total. The number of aromatic nitrogens is 1. The first kappa shape index (κ1) is 21.5. The smallest absolute Gasteiger partial charge is 0.253 e. The Labute approximate surface area is 184 Å². The van der Waals surface area contributed by atoms with Crippen LogP contribution in [0.5, 0.6) is 0 Å². The van der Waals surface area contributed by atoms with Crippen molar-refractivity contribution < 1.29 is 9.53 Å². The molecular weight excluding hydrogens is 386 g/mol.